The van der Waals surface area contributed by atoms with Crippen LogP contribution in [0.1, 0.15) is 18.7 Å². The van der Waals surface area contributed by atoms with Gasteiger partial charge in [0.1, 0.15) is 11.3 Å². The van der Waals surface area contributed by atoms with Gasteiger partial charge in [-0.1, -0.05) is 6.07 Å². The quantitative estimate of drug-likeness (QED) is 0.661. The lowest BCUT2D eigenvalue weighted by Crippen LogP contribution is -2.31. The van der Waals surface area contributed by atoms with Crippen molar-refractivity contribution in [1.82, 2.24) is 29.8 Å². The fourth-order valence-corrected chi connectivity index (χ4v) is 5.72. The fourth-order valence-electron chi connectivity index (χ4n) is 4.22. The Morgan fingerprint density at radius 1 is 1.28 bits per heavy atom. The number of nitrogens with two attached hydrogens (primary N) is 1. The second-order valence-electron chi connectivity index (χ2n) is 7.97. The van der Waals surface area contributed by atoms with E-state index in [2.05, 4.69) is 20.3 Å². The van der Waals surface area contributed by atoms with Crippen LogP contribution in [0.2, 0.25) is 0 Å². The molecule has 9 heteroatoms. The van der Waals surface area contributed by atoms with Crippen LogP contribution < -0.4 is 15.8 Å². The number of fused-ring (bicyclic) bond motifs is 3. The average molecular weight is 410 g/mol. The summed E-state index contributed by atoms with van der Waals surface area (Å²) in [6.07, 6.45) is 3.55. The predicted octanol–water partition coefficient (Wildman–Crippen LogP) is 2.01. The maximum atomic E-state index is 6.15. The zero-order chi connectivity index (χ0) is 19.5. The molecule has 3 aliphatic rings. The van der Waals surface area contributed by atoms with Crippen LogP contribution in [0.4, 0.5) is 5.95 Å². The number of thioether (sulfide) groups is 1. The Labute approximate surface area is 172 Å². The van der Waals surface area contributed by atoms with Gasteiger partial charge in [-0.2, -0.15) is 4.52 Å². The highest BCUT2D eigenvalue weighted by Crippen LogP contribution is 2.46. The molecular formula is C20H23N7OS. The number of nitrogens with zero attached hydrogens (tertiary/aromatic N) is 5. The molecule has 4 heterocycles. The summed E-state index contributed by atoms with van der Waals surface area (Å²) in [5.41, 5.74) is 9.02. The second-order valence-corrected chi connectivity index (χ2v) is 9.21. The second kappa shape index (κ2) is 6.50. The smallest absolute Gasteiger partial charge is 0.223 e. The zero-order valence-corrected chi connectivity index (χ0v) is 17.1. The van der Waals surface area contributed by atoms with E-state index >= 15 is 0 Å². The minimum Gasteiger partial charge on any atom is -0.494 e. The van der Waals surface area contributed by atoms with Crippen molar-refractivity contribution in [2.24, 2.45) is 5.92 Å². The molecule has 8 nitrogen and oxygen atoms in total. The topological polar surface area (TPSA) is 93.6 Å². The van der Waals surface area contributed by atoms with Crippen molar-refractivity contribution in [3.63, 3.8) is 0 Å². The first-order valence-corrected chi connectivity index (χ1v) is 10.9. The van der Waals surface area contributed by atoms with Gasteiger partial charge in [0, 0.05) is 42.0 Å². The predicted molar refractivity (Wildman–Crippen MR) is 114 cm³/mol. The molecule has 6 rings (SSSR count). The number of methoxy groups -OCH3 is 1. The molecule has 3 N–H and O–H groups in total. The summed E-state index contributed by atoms with van der Waals surface area (Å²) in [6.45, 7) is 2.96. The highest BCUT2D eigenvalue weighted by atomic mass is 32.2. The molecule has 1 fully saturated rings. The van der Waals surface area contributed by atoms with E-state index in [0.29, 0.717) is 22.6 Å². The van der Waals surface area contributed by atoms with Crippen molar-refractivity contribution in [2.45, 2.75) is 24.6 Å². The number of aromatic nitrogens is 4. The summed E-state index contributed by atoms with van der Waals surface area (Å²) in [7, 11) is 1.63. The van der Waals surface area contributed by atoms with E-state index < -0.39 is 0 Å². The van der Waals surface area contributed by atoms with Crippen molar-refractivity contribution in [3.8, 4) is 5.75 Å². The van der Waals surface area contributed by atoms with Crippen molar-refractivity contribution in [2.75, 3.05) is 32.5 Å². The van der Waals surface area contributed by atoms with E-state index in [1.54, 1.807) is 11.6 Å². The van der Waals surface area contributed by atoms with Gasteiger partial charge >= 0.3 is 0 Å². The molecule has 0 radical (unpaired) electrons. The first-order chi connectivity index (χ1) is 14.2. The largest absolute Gasteiger partial charge is 0.494 e. The van der Waals surface area contributed by atoms with Gasteiger partial charge in [-0.3, -0.25) is 4.90 Å². The van der Waals surface area contributed by atoms with Crippen molar-refractivity contribution >= 4 is 34.3 Å². The maximum Gasteiger partial charge on any atom is 0.223 e. The summed E-state index contributed by atoms with van der Waals surface area (Å²) in [4.78, 5) is 13.2. The Morgan fingerprint density at radius 2 is 2.17 bits per heavy atom. The van der Waals surface area contributed by atoms with Crippen molar-refractivity contribution in [3.05, 3.63) is 34.6 Å². The van der Waals surface area contributed by atoms with Crippen LogP contribution in [0.25, 0.3) is 16.6 Å². The molecule has 0 saturated heterocycles. The van der Waals surface area contributed by atoms with Crippen LogP contribution >= 0.6 is 11.8 Å². The molecule has 0 spiro atoms. The minimum atomic E-state index is 0.323. The standard InChI is InChI=1S/C20H23N7OS/c1-28-14-4-2-3-12-17(14)24-20(21)27-18(12)23-16(25-27)7-8-26-9-13-15(10-26)29-19(22-13)11-5-6-11/h2-4,11,19,22H,5-10H2,1H3,(H2,21,24). The highest BCUT2D eigenvalue weighted by Gasteiger charge is 2.39. The normalized spacial score (nSPS) is 21.9. The zero-order valence-electron chi connectivity index (χ0n) is 16.3. The van der Waals surface area contributed by atoms with Crippen LogP contribution in [0.5, 0.6) is 5.75 Å². The number of hydrogen-bond donors (Lipinski definition) is 2. The number of benzene rings is 1. The first-order valence-electron chi connectivity index (χ1n) is 10.0. The van der Waals surface area contributed by atoms with Crippen molar-refractivity contribution in [1.29, 1.82) is 0 Å². The average Bonchev–Trinajstić information content (AvgIpc) is 3.18. The molecule has 0 amide bonds. The number of para-hydroxylation sites is 1. The van der Waals surface area contributed by atoms with Crippen LogP contribution in [0.15, 0.2) is 28.8 Å². The van der Waals surface area contributed by atoms with Gasteiger partial charge in [-0.15, -0.1) is 16.9 Å². The van der Waals surface area contributed by atoms with Gasteiger partial charge in [0.2, 0.25) is 5.95 Å². The molecule has 2 aromatic heterocycles. The van der Waals surface area contributed by atoms with Crippen molar-refractivity contribution < 1.29 is 4.74 Å². The molecule has 2 aliphatic heterocycles. The molecule has 3 aromatic rings. The van der Waals surface area contributed by atoms with Crippen LogP contribution in [-0.4, -0.2) is 56.6 Å². The summed E-state index contributed by atoms with van der Waals surface area (Å²) in [5, 5.41) is 9.86. The number of hydrogen-bond acceptors (Lipinski definition) is 8. The minimum absolute atomic E-state index is 0.323. The summed E-state index contributed by atoms with van der Waals surface area (Å²) in [6, 6.07) is 5.79. The molecule has 1 aliphatic carbocycles. The number of nitrogen functional groups attached to an aromatic ring is 1. The van der Waals surface area contributed by atoms with Gasteiger partial charge in [0.05, 0.1) is 12.5 Å². The summed E-state index contributed by atoms with van der Waals surface area (Å²) in [5.74, 6) is 2.68. The third-order valence-electron chi connectivity index (χ3n) is 5.93. The third-order valence-corrected chi connectivity index (χ3v) is 7.34. The Morgan fingerprint density at radius 3 is 2.97 bits per heavy atom. The molecular weight excluding hydrogens is 386 g/mol. The fraction of sp³-hybridized carbons (Fsp3) is 0.450. The van der Waals surface area contributed by atoms with E-state index in [9.17, 15) is 0 Å². The van der Waals surface area contributed by atoms with Gasteiger partial charge in [0.15, 0.2) is 11.5 Å². The van der Waals surface area contributed by atoms with Gasteiger partial charge < -0.3 is 15.8 Å². The lowest BCUT2D eigenvalue weighted by molar-refractivity contribution is 0.342. The van der Waals surface area contributed by atoms with E-state index in [0.717, 1.165) is 48.8 Å². The maximum absolute atomic E-state index is 6.15. The van der Waals surface area contributed by atoms with Crippen LogP contribution in [0, 0.1) is 5.92 Å². The Hall–Kier alpha value is -2.52. The Balaban J connectivity index is 1.19. The van der Waals surface area contributed by atoms with E-state index in [1.807, 2.05) is 30.0 Å². The van der Waals surface area contributed by atoms with Crippen LogP contribution in [0.3, 0.4) is 0 Å². The van der Waals surface area contributed by atoms with Crippen LogP contribution in [-0.2, 0) is 6.42 Å². The highest BCUT2D eigenvalue weighted by molar-refractivity contribution is 8.04. The van der Waals surface area contributed by atoms with Gasteiger partial charge in [0.25, 0.3) is 0 Å². The number of rotatable bonds is 5. The summed E-state index contributed by atoms with van der Waals surface area (Å²) < 4.78 is 7.06. The SMILES string of the molecule is COc1cccc2c1nc(N)n1nc(CCN3CC4=C(C3)SC(C3CC3)N4)nc21. The summed E-state index contributed by atoms with van der Waals surface area (Å²) >= 11 is 2.04. The number of anilines is 1. The monoisotopic (exact) mass is 409 g/mol. The molecule has 1 unspecified atom stereocenters. The molecule has 1 atom stereocenters. The first kappa shape index (κ1) is 17.3. The van der Waals surface area contributed by atoms with E-state index in [1.165, 1.54) is 23.4 Å². The van der Waals surface area contributed by atoms with Gasteiger partial charge in [-0.25, -0.2) is 9.97 Å². The van der Waals surface area contributed by atoms with E-state index in [4.69, 9.17) is 15.5 Å². The molecule has 1 aromatic carbocycles. The van der Waals surface area contributed by atoms with Gasteiger partial charge in [-0.05, 0) is 30.9 Å². The molecule has 150 valence electrons. The van der Waals surface area contributed by atoms with E-state index in [-0.39, 0.29) is 0 Å². The molecule has 0 bridgehead atoms. The number of ether oxygens (including phenoxy) is 1. The lowest BCUT2D eigenvalue weighted by atomic mass is 10.2. The molecule has 1 saturated carbocycles. The number of nitrogens with one attached hydrogen (secondary N) is 1. The third kappa shape index (κ3) is 2.91. The Bertz CT molecular complexity index is 1130. The Kier molecular flexibility index (Phi) is 3.89. The lowest BCUT2D eigenvalue weighted by Gasteiger charge is -2.19. The molecule has 29 heavy (non-hydrogen) atoms.